The molecular formula is C15H15FN2O2S. The van der Waals surface area contributed by atoms with E-state index in [0.29, 0.717) is 12.0 Å². The van der Waals surface area contributed by atoms with Crippen molar-refractivity contribution in [3.05, 3.63) is 53.6 Å². The van der Waals surface area contributed by atoms with Gasteiger partial charge in [-0.3, -0.25) is 4.98 Å². The van der Waals surface area contributed by atoms with E-state index in [4.69, 9.17) is 0 Å². The van der Waals surface area contributed by atoms with Gasteiger partial charge in [-0.2, -0.15) is 0 Å². The number of benzene rings is 1. The third-order valence-electron chi connectivity index (χ3n) is 3.57. The maximum Gasteiger partial charge on any atom is 0.178 e. The molecule has 6 heteroatoms. The number of sulfone groups is 1. The van der Waals surface area contributed by atoms with Crippen LogP contribution in [0.15, 0.2) is 41.6 Å². The molecule has 0 aliphatic carbocycles. The third-order valence-corrected chi connectivity index (χ3v) is 5.39. The topological polar surface area (TPSA) is 59.1 Å². The minimum Gasteiger partial charge on any atom is -0.377 e. The SMILES string of the molecule is Cc1cncc(NC2CCS(=O)(=O)c3ccc(F)cc32)c1. The van der Waals surface area contributed by atoms with Crippen molar-refractivity contribution in [2.75, 3.05) is 11.1 Å². The van der Waals surface area contributed by atoms with E-state index in [2.05, 4.69) is 10.3 Å². The lowest BCUT2D eigenvalue weighted by molar-refractivity contribution is 0.570. The fourth-order valence-electron chi connectivity index (χ4n) is 2.60. The van der Waals surface area contributed by atoms with Gasteiger partial charge in [0.05, 0.1) is 22.4 Å². The van der Waals surface area contributed by atoms with Gasteiger partial charge in [-0.15, -0.1) is 0 Å². The summed E-state index contributed by atoms with van der Waals surface area (Å²) in [6.45, 7) is 1.93. The fraction of sp³-hybridized carbons (Fsp3) is 0.267. The maximum atomic E-state index is 13.5. The van der Waals surface area contributed by atoms with Crippen molar-refractivity contribution < 1.29 is 12.8 Å². The van der Waals surface area contributed by atoms with Crippen molar-refractivity contribution in [2.24, 2.45) is 0 Å². The first-order chi connectivity index (χ1) is 9.95. The van der Waals surface area contributed by atoms with Crippen molar-refractivity contribution in [3.63, 3.8) is 0 Å². The fourth-order valence-corrected chi connectivity index (χ4v) is 4.20. The lowest BCUT2D eigenvalue weighted by atomic mass is 10.0. The second-order valence-electron chi connectivity index (χ2n) is 5.24. The van der Waals surface area contributed by atoms with E-state index in [0.717, 1.165) is 11.3 Å². The first kappa shape index (κ1) is 14.0. The predicted octanol–water partition coefficient (Wildman–Crippen LogP) is 2.86. The Bertz CT molecular complexity index is 790. The molecule has 1 aliphatic heterocycles. The summed E-state index contributed by atoms with van der Waals surface area (Å²) in [5, 5.41) is 3.25. The first-order valence-electron chi connectivity index (χ1n) is 6.66. The Balaban J connectivity index is 2.00. The molecule has 0 saturated carbocycles. The highest BCUT2D eigenvalue weighted by molar-refractivity contribution is 7.91. The van der Waals surface area contributed by atoms with Crippen molar-refractivity contribution in [1.29, 1.82) is 0 Å². The number of nitrogens with one attached hydrogen (secondary N) is 1. The van der Waals surface area contributed by atoms with Crippen LogP contribution in [-0.4, -0.2) is 19.2 Å². The van der Waals surface area contributed by atoms with E-state index in [-0.39, 0.29) is 16.7 Å². The van der Waals surface area contributed by atoms with Gasteiger partial charge >= 0.3 is 0 Å². The van der Waals surface area contributed by atoms with Gasteiger partial charge in [0.2, 0.25) is 0 Å². The van der Waals surface area contributed by atoms with Crippen LogP contribution < -0.4 is 5.32 Å². The van der Waals surface area contributed by atoms with Gasteiger partial charge in [0, 0.05) is 12.4 Å². The van der Waals surface area contributed by atoms with E-state index in [9.17, 15) is 12.8 Å². The highest BCUT2D eigenvalue weighted by Crippen LogP contribution is 2.34. The van der Waals surface area contributed by atoms with Crippen LogP contribution in [0.2, 0.25) is 0 Å². The Morgan fingerprint density at radius 1 is 1.29 bits per heavy atom. The second-order valence-corrected chi connectivity index (χ2v) is 7.32. The zero-order chi connectivity index (χ0) is 15.0. The lowest BCUT2D eigenvalue weighted by Crippen LogP contribution is -2.25. The molecule has 0 amide bonds. The first-order valence-corrected chi connectivity index (χ1v) is 8.31. The van der Waals surface area contributed by atoms with Crippen LogP contribution in [0.25, 0.3) is 0 Å². The number of fused-ring (bicyclic) bond motifs is 1. The predicted molar refractivity (Wildman–Crippen MR) is 78.4 cm³/mol. The van der Waals surface area contributed by atoms with Crippen molar-refractivity contribution in [2.45, 2.75) is 24.3 Å². The number of hydrogen-bond acceptors (Lipinski definition) is 4. The molecule has 1 N–H and O–H groups in total. The number of hydrogen-bond donors (Lipinski definition) is 1. The van der Waals surface area contributed by atoms with Crippen LogP contribution >= 0.6 is 0 Å². The van der Waals surface area contributed by atoms with Crippen LogP contribution in [0, 0.1) is 12.7 Å². The van der Waals surface area contributed by atoms with Gasteiger partial charge in [0.25, 0.3) is 0 Å². The quantitative estimate of drug-likeness (QED) is 0.867. The van der Waals surface area contributed by atoms with Crippen molar-refractivity contribution in [1.82, 2.24) is 4.98 Å². The van der Waals surface area contributed by atoms with Gasteiger partial charge in [-0.25, -0.2) is 12.8 Å². The lowest BCUT2D eigenvalue weighted by Gasteiger charge is -2.27. The number of nitrogens with zero attached hydrogens (tertiary/aromatic N) is 1. The summed E-state index contributed by atoms with van der Waals surface area (Å²) >= 11 is 0. The van der Waals surface area contributed by atoms with E-state index in [1.165, 1.54) is 18.2 Å². The summed E-state index contributed by atoms with van der Waals surface area (Å²) in [6, 6.07) is 5.53. The van der Waals surface area contributed by atoms with Crippen LogP contribution in [0.5, 0.6) is 0 Å². The molecule has 0 spiro atoms. The second kappa shape index (κ2) is 5.11. The summed E-state index contributed by atoms with van der Waals surface area (Å²) in [4.78, 5) is 4.31. The molecule has 2 aromatic rings. The van der Waals surface area contributed by atoms with Crippen LogP contribution in [-0.2, 0) is 9.84 Å². The van der Waals surface area contributed by atoms with Crippen molar-refractivity contribution >= 4 is 15.5 Å². The summed E-state index contributed by atoms with van der Waals surface area (Å²) < 4.78 is 37.6. The molecule has 1 aliphatic rings. The largest absolute Gasteiger partial charge is 0.377 e. The number of aromatic nitrogens is 1. The highest BCUT2D eigenvalue weighted by Gasteiger charge is 2.30. The highest BCUT2D eigenvalue weighted by atomic mass is 32.2. The van der Waals surface area contributed by atoms with E-state index in [1.54, 1.807) is 12.4 Å². The number of rotatable bonds is 2. The zero-order valence-corrected chi connectivity index (χ0v) is 12.3. The van der Waals surface area contributed by atoms with Gasteiger partial charge in [0.1, 0.15) is 5.82 Å². The van der Waals surface area contributed by atoms with Crippen molar-refractivity contribution in [3.8, 4) is 0 Å². The number of pyridine rings is 1. The molecule has 0 bridgehead atoms. The summed E-state index contributed by atoms with van der Waals surface area (Å²) in [5.74, 6) is -0.372. The number of anilines is 1. The molecular weight excluding hydrogens is 291 g/mol. The molecule has 1 atom stereocenters. The van der Waals surface area contributed by atoms with E-state index in [1.807, 2.05) is 13.0 Å². The average Bonchev–Trinajstić information content (AvgIpc) is 2.42. The molecule has 2 heterocycles. The molecule has 21 heavy (non-hydrogen) atoms. The maximum absolute atomic E-state index is 13.5. The Morgan fingerprint density at radius 2 is 2.10 bits per heavy atom. The number of aryl methyl sites for hydroxylation is 1. The average molecular weight is 306 g/mol. The molecule has 1 aromatic heterocycles. The van der Waals surface area contributed by atoms with Gasteiger partial charge < -0.3 is 5.32 Å². The minimum absolute atomic E-state index is 0.0581. The molecule has 4 nitrogen and oxygen atoms in total. The molecule has 0 fully saturated rings. The summed E-state index contributed by atoms with van der Waals surface area (Å²) in [6.07, 6.45) is 3.83. The summed E-state index contributed by atoms with van der Waals surface area (Å²) in [7, 11) is -3.31. The monoisotopic (exact) mass is 306 g/mol. The van der Waals surface area contributed by atoms with E-state index < -0.39 is 15.7 Å². The van der Waals surface area contributed by atoms with Gasteiger partial charge in [-0.05, 0) is 48.7 Å². The van der Waals surface area contributed by atoms with Gasteiger partial charge in [0.15, 0.2) is 9.84 Å². The van der Waals surface area contributed by atoms with Crippen LogP contribution in [0.1, 0.15) is 23.6 Å². The van der Waals surface area contributed by atoms with Crippen LogP contribution in [0.4, 0.5) is 10.1 Å². The summed E-state index contributed by atoms with van der Waals surface area (Å²) in [5.41, 5.74) is 2.29. The molecule has 0 radical (unpaired) electrons. The smallest absolute Gasteiger partial charge is 0.178 e. The van der Waals surface area contributed by atoms with Crippen LogP contribution in [0.3, 0.4) is 0 Å². The van der Waals surface area contributed by atoms with Gasteiger partial charge in [-0.1, -0.05) is 0 Å². The molecule has 3 rings (SSSR count). The molecule has 0 saturated heterocycles. The standard InChI is InChI=1S/C15H15FN2O2S/c1-10-6-12(9-17-8-10)18-14-4-5-21(19,20)15-3-2-11(16)7-13(14)15/h2-3,6-9,14,18H,4-5H2,1H3. The molecule has 1 aromatic carbocycles. The normalized spacial score (nSPS) is 19.8. The molecule has 110 valence electrons. The molecule has 1 unspecified atom stereocenters. The Morgan fingerprint density at radius 3 is 2.86 bits per heavy atom. The minimum atomic E-state index is -3.31. The third kappa shape index (κ3) is 2.76. The Labute approximate surface area is 123 Å². The Hall–Kier alpha value is -1.95. The zero-order valence-electron chi connectivity index (χ0n) is 11.5. The Kier molecular flexibility index (Phi) is 3.41. The van der Waals surface area contributed by atoms with E-state index >= 15 is 0 Å². The number of halogens is 1.